The Morgan fingerprint density at radius 2 is 2.29 bits per heavy atom. The molecule has 0 radical (unpaired) electrons. The van der Waals surface area contributed by atoms with Crippen LogP contribution in [0.25, 0.3) is 0 Å². The number of hydrogen-bond acceptors (Lipinski definition) is 6. The molecular formula is C11H18N4O2. The minimum absolute atomic E-state index is 0.295. The lowest BCUT2D eigenvalue weighted by Crippen LogP contribution is -2.29. The summed E-state index contributed by atoms with van der Waals surface area (Å²) in [5.74, 6) is 0.843. The predicted octanol–water partition coefficient (Wildman–Crippen LogP) is 1.19. The van der Waals surface area contributed by atoms with E-state index in [-0.39, 0.29) is 5.97 Å². The normalized spacial score (nSPS) is 11.8. The first-order valence-corrected chi connectivity index (χ1v) is 5.53. The van der Waals surface area contributed by atoms with E-state index in [0.717, 1.165) is 5.56 Å². The Balaban J connectivity index is 2.76. The van der Waals surface area contributed by atoms with E-state index in [1.807, 2.05) is 6.92 Å². The lowest BCUT2D eigenvalue weighted by Gasteiger charge is -2.15. The number of aryl methyl sites for hydroxylation is 1. The number of nitrogens with zero attached hydrogens (tertiary/aromatic N) is 2. The van der Waals surface area contributed by atoms with Crippen molar-refractivity contribution in [2.45, 2.75) is 26.8 Å². The van der Waals surface area contributed by atoms with Gasteiger partial charge >= 0.3 is 5.97 Å². The summed E-state index contributed by atoms with van der Waals surface area (Å²) in [6.07, 6.45) is 1.69. The molecule has 0 saturated carbocycles. The average molecular weight is 238 g/mol. The van der Waals surface area contributed by atoms with Gasteiger partial charge in [-0.15, -0.1) is 0 Å². The zero-order valence-electron chi connectivity index (χ0n) is 10.6. The Labute approximate surface area is 101 Å². The second kappa shape index (κ2) is 6.03. The van der Waals surface area contributed by atoms with E-state index in [4.69, 9.17) is 4.74 Å². The molecule has 0 amide bonds. The number of ether oxygens (including phenoxy) is 1. The van der Waals surface area contributed by atoms with Crippen LogP contribution in [0.1, 0.15) is 19.4 Å². The van der Waals surface area contributed by atoms with Gasteiger partial charge in [-0.05, 0) is 20.8 Å². The van der Waals surface area contributed by atoms with Crippen LogP contribution in [0.4, 0.5) is 11.8 Å². The molecule has 0 aliphatic rings. The predicted molar refractivity (Wildman–Crippen MR) is 66.0 cm³/mol. The van der Waals surface area contributed by atoms with E-state index in [9.17, 15) is 4.79 Å². The highest BCUT2D eigenvalue weighted by Crippen LogP contribution is 2.13. The number of nitrogens with one attached hydrogen (secondary N) is 2. The molecule has 2 N–H and O–H groups in total. The van der Waals surface area contributed by atoms with Gasteiger partial charge in [-0.25, -0.2) is 9.78 Å². The van der Waals surface area contributed by atoms with Gasteiger partial charge in [0.15, 0.2) is 0 Å². The first-order valence-electron chi connectivity index (χ1n) is 5.53. The van der Waals surface area contributed by atoms with Gasteiger partial charge in [0.05, 0.1) is 6.61 Å². The molecule has 1 unspecified atom stereocenters. The number of hydrogen-bond donors (Lipinski definition) is 2. The second-order valence-corrected chi connectivity index (χ2v) is 3.59. The fourth-order valence-electron chi connectivity index (χ4n) is 1.24. The molecule has 0 fully saturated rings. The van der Waals surface area contributed by atoms with Crippen molar-refractivity contribution in [1.29, 1.82) is 0 Å². The maximum atomic E-state index is 11.5. The van der Waals surface area contributed by atoms with Crippen LogP contribution >= 0.6 is 0 Å². The first-order chi connectivity index (χ1) is 8.08. The molecule has 94 valence electrons. The largest absolute Gasteiger partial charge is 0.464 e. The Hall–Kier alpha value is -1.85. The maximum absolute atomic E-state index is 11.5. The lowest BCUT2D eigenvalue weighted by molar-refractivity contribution is -0.143. The molecule has 1 aromatic heterocycles. The SMILES string of the molecule is CCOC(=O)C(C)Nc1nc(NC)ncc1C. The van der Waals surface area contributed by atoms with Crippen molar-refractivity contribution in [3.63, 3.8) is 0 Å². The first kappa shape index (κ1) is 13.2. The van der Waals surface area contributed by atoms with Crippen LogP contribution in [-0.4, -0.2) is 35.6 Å². The van der Waals surface area contributed by atoms with Crippen molar-refractivity contribution in [3.8, 4) is 0 Å². The summed E-state index contributed by atoms with van der Waals surface area (Å²) >= 11 is 0. The van der Waals surface area contributed by atoms with Crippen molar-refractivity contribution in [3.05, 3.63) is 11.8 Å². The molecule has 6 nitrogen and oxygen atoms in total. The highest BCUT2D eigenvalue weighted by Gasteiger charge is 2.15. The molecule has 0 aliphatic heterocycles. The van der Waals surface area contributed by atoms with Crippen LogP contribution in [-0.2, 0) is 9.53 Å². The zero-order valence-corrected chi connectivity index (χ0v) is 10.6. The van der Waals surface area contributed by atoms with Crippen LogP contribution in [0.5, 0.6) is 0 Å². The standard InChI is InChI=1S/C11H18N4O2/c1-5-17-10(16)8(3)14-9-7(2)6-13-11(12-4)15-9/h6,8H,5H2,1-4H3,(H2,12,13,14,15). The van der Waals surface area contributed by atoms with Crippen LogP contribution in [0.3, 0.4) is 0 Å². The van der Waals surface area contributed by atoms with E-state index in [1.165, 1.54) is 0 Å². The summed E-state index contributed by atoms with van der Waals surface area (Å²) in [6, 6.07) is -0.437. The van der Waals surface area contributed by atoms with Crippen molar-refractivity contribution >= 4 is 17.7 Å². The topological polar surface area (TPSA) is 76.1 Å². The molecule has 0 saturated heterocycles. The smallest absolute Gasteiger partial charge is 0.328 e. The van der Waals surface area contributed by atoms with Crippen LogP contribution in [0, 0.1) is 6.92 Å². The van der Waals surface area contributed by atoms with Gasteiger partial charge in [0.1, 0.15) is 11.9 Å². The van der Waals surface area contributed by atoms with Crippen molar-refractivity contribution in [1.82, 2.24) is 9.97 Å². The molecule has 0 bridgehead atoms. The molecule has 6 heteroatoms. The molecule has 1 rings (SSSR count). The van der Waals surface area contributed by atoms with Crippen molar-refractivity contribution < 1.29 is 9.53 Å². The molecule has 1 atom stereocenters. The summed E-state index contributed by atoms with van der Waals surface area (Å²) < 4.78 is 4.91. The lowest BCUT2D eigenvalue weighted by atomic mass is 10.3. The number of esters is 1. The van der Waals surface area contributed by atoms with E-state index >= 15 is 0 Å². The van der Waals surface area contributed by atoms with Crippen molar-refractivity contribution in [2.75, 3.05) is 24.3 Å². The van der Waals surface area contributed by atoms with E-state index in [0.29, 0.717) is 18.4 Å². The zero-order chi connectivity index (χ0) is 12.8. The Morgan fingerprint density at radius 1 is 1.59 bits per heavy atom. The highest BCUT2D eigenvalue weighted by atomic mass is 16.5. The molecule has 17 heavy (non-hydrogen) atoms. The van der Waals surface area contributed by atoms with Gasteiger partial charge in [0.2, 0.25) is 5.95 Å². The third-order valence-corrected chi connectivity index (χ3v) is 2.19. The second-order valence-electron chi connectivity index (χ2n) is 3.59. The molecular weight excluding hydrogens is 220 g/mol. The molecule has 1 heterocycles. The molecule has 0 spiro atoms. The minimum Gasteiger partial charge on any atom is -0.464 e. The monoisotopic (exact) mass is 238 g/mol. The number of anilines is 2. The van der Waals surface area contributed by atoms with Crippen LogP contribution < -0.4 is 10.6 Å². The fourth-order valence-corrected chi connectivity index (χ4v) is 1.24. The van der Waals surface area contributed by atoms with Gasteiger partial charge in [0, 0.05) is 18.8 Å². The fraction of sp³-hybridized carbons (Fsp3) is 0.545. The number of carbonyl (C=O) groups is 1. The summed E-state index contributed by atoms with van der Waals surface area (Å²) in [6.45, 7) is 5.76. The third-order valence-electron chi connectivity index (χ3n) is 2.19. The van der Waals surface area contributed by atoms with Gasteiger partial charge in [0.25, 0.3) is 0 Å². The summed E-state index contributed by atoms with van der Waals surface area (Å²) in [7, 11) is 1.74. The number of carbonyl (C=O) groups excluding carboxylic acids is 1. The minimum atomic E-state index is -0.437. The Bertz CT molecular complexity index is 395. The van der Waals surface area contributed by atoms with E-state index in [2.05, 4.69) is 20.6 Å². The van der Waals surface area contributed by atoms with Crippen LogP contribution in [0.2, 0.25) is 0 Å². The Morgan fingerprint density at radius 3 is 2.88 bits per heavy atom. The number of rotatable bonds is 5. The quantitative estimate of drug-likeness (QED) is 0.750. The van der Waals surface area contributed by atoms with E-state index < -0.39 is 6.04 Å². The van der Waals surface area contributed by atoms with Gasteiger partial charge in [-0.1, -0.05) is 0 Å². The van der Waals surface area contributed by atoms with E-state index in [1.54, 1.807) is 27.1 Å². The van der Waals surface area contributed by atoms with Crippen LogP contribution in [0.15, 0.2) is 6.20 Å². The third kappa shape index (κ3) is 3.58. The summed E-state index contributed by atoms with van der Waals surface area (Å²) in [5, 5.41) is 5.85. The highest BCUT2D eigenvalue weighted by molar-refractivity contribution is 5.78. The maximum Gasteiger partial charge on any atom is 0.328 e. The average Bonchev–Trinajstić information content (AvgIpc) is 2.32. The molecule has 0 aromatic carbocycles. The van der Waals surface area contributed by atoms with Gasteiger partial charge < -0.3 is 15.4 Å². The summed E-state index contributed by atoms with van der Waals surface area (Å²) in [4.78, 5) is 19.8. The van der Waals surface area contributed by atoms with Crippen molar-refractivity contribution in [2.24, 2.45) is 0 Å². The Kier molecular flexibility index (Phi) is 4.68. The molecule has 0 aliphatic carbocycles. The number of aromatic nitrogens is 2. The van der Waals surface area contributed by atoms with Gasteiger partial charge in [-0.3, -0.25) is 0 Å². The molecule has 1 aromatic rings. The van der Waals surface area contributed by atoms with Gasteiger partial charge in [-0.2, -0.15) is 4.98 Å². The summed E-state index contributed by atoms with van der Waals surface area (Å²) in [5.41, 5.74) is 0.875.